The minimum absolute atomic E-state index is 0.390. The number of hydrogen-bond acceptors (Lipinski definition) is 5. The summed E-state index contributed by atoms with van der Waals surface area (Å²) in [7, 11) is 1.91. The number of aromatic nitrogens is 3. The zero-order valence-corrected chi connectivity index (χ0v) is 10.8. The first-order chi connectivity index (χ1) is 8.74. The number of nitrogens with two attached hydrogens (primary N) is 1. The van der Waals surface area contributed by atoms with Crippen LogP contribution in [0, 0.1) is 11.3 Å². The van der Waals surface area contributed by atoms with Gasteiger partial charge in [0, 0.05) is 12.8 Å². The number of rotatable bonds is 4. The summed E-state index contributed by atoms with van der Waals surface area (Å²) in [5.74, 6) is 1.57. The fourth-order valence-electron chi connectivity index (χ4n) is 1.47. The molecule has 0 saturated heterocycles. The molecule has 0 aliphatic carbocycles. The van der Waals surface area contributed by atoms with Crippen LogP contribution in [0.1, 0.15) is 17.0 Å². The molecule has 0 unspecified atom stereocenters. The number of benzene rings is 1. The summed E-state index contributed by atoms with van der Waals surface area (Å²) < 4.78 is 1.90. The van der Waals surface area contributed by atoms with Gasteiger partial charge in [0.2, 0.25) is 0 Å². The lowest BCUT2D eigenvalue weighted by Gasteiger charge is -2.02. The normalized spacial score (nSPS) is 10.3. The summed E-state index contributed by atoms with van der Waals surface area (Å²) in [4.78, 5) is 0. The third-order valence-electron chi connectivity index (χ3n) is 2.56. The maximum absolute atomic E-state index is 8.71. The quantitative estimate of drug-likeness (QED) is 0.840. The van der Waals surface area contributed by atoms with Gasteiger partial charge < -0.3 is 10.3 Å². The molecule has 0 aliphatic rings. The molecule has 0 amide bonds. The summed E-state index contributed by atoms with van der Waals surface area (Å²) in [5, 5.41) is 17.6. The topological polar surface area (TPSA) is 80.5 Å². The molecule has 18 heavy (non-hydrogen) atoms. The van der Waals surface area contributed by atoms with Gasteiger partial charge in [-0.3, -0.25) is 0 Å². The minimum atomic E-state index is 0.390. The molecule has 0 radical (unpaired) electrons. The van der Waals surface area contributed by atoms with E-state index < -0.39 is 0 Å². The molecule has 6 heteroatoms. The van der Waals surface area contributed by atoms with Crippen molar-refractivity contribution in [1.29, 1.82) is 5.26 Å². The second-order valence-electron chi connectivity index (χ2n) is 3.76. The van der Waals surface area contributed by atoms with Gasteiger partial charge in [-0.1, -0.05) is 23.9 Å². The molecule has 0 fully saturated rings. The first-order valence-electron chi connectivity index (χ1n) is 5.44. The molecule has 0 saturated carbocycles. The molecule has 2 rings (SSSR count). The molecule has 1 aromatic heterocycles. The fourth-order valence-corrected chi connectivity index (χ4v) is 2.36. The predicted octanol–water partition coefficient (Wildman–Crippen LogP) is 1.44. The number of hydrogen-bond donors (Lipinski definition) is 1. The Labute approximate surface area is 110 Å². The number of nitriles is 1. The Kier molecular flexibility index (Phi) is 3.97. The molecule has 0 atom stereocenters. The van der Waals surface area contributed by atoms with Crippen LogP contribution in [0.15, 0.2) is 29.4 Å². The van der Waals surface area contributed by atoms with Crippen LogP contribution in [0.3, 0.4) is 0 Å². The second kappa shape index (κ2) is 5.67. The largest absolute Gasteiger partial charge is 0.324 e. The van der Waals surface area contributed by atoms with Crippen LogP contribution in [0.4, 0.5) is 0 Å². The highest BCUT2D eigenvalue weighted by molar-refractivity contribution is 7.98. The SMILES string of the molecule is Cn1c(CN)nnc1SCc1ccc(C#N)cc1. The summed E-state index contributed by atoms with van der Waals surface area (Å²) in [6.07, 6.45) is 0. The Balaban J connectivity index is 2.02. The van der Waals surface area contributed by atoms with Crippen molar-refractivity contribution in [2.24, 2.45) is 12.8 Å². The van der Waals surface area contributed by atoms with Crippen LogP contribution < -0.4 is 5.73 Å². The van der Waals surface area contributed by atoms with Crippen molar-refractivity contribution in [3.8, 4) is 6.07 Å². The van der Waals surface area contributed by atoms with Crippen LogP contribution in [0.5, 0.6) is 0 Å². The number of thioether (sulfide) groups is 1. The average Bonchev–Trinajstić information content (AvgIpc) is 2.77. The summed E-state index contributed by atoms with van der Waals surface area (Å²) >= 11 is 1.60. The van der Waals surface area contributed by atoms with Gasteiger partial charge in [0.15, 0.2) is 5.16 Å². The average molecular weight is 259 g/mol. The highest BCUT2D eigenvalue weighted by atomic mass is 32.2. The molecule has 0 bridgehead atoms. The van der Waals surface area contributed by atoms with Gasteiger partial charge >= 0.3 is 0 Å². The lowest BCUT2D eigenvalue weighted by molar-refractivity contribution is 0.734. The number of nitrogens with zero attached hydrogens (tertiary/aromatic N) is 4. The second-order valence-corrected chi connectivity index (χ2v) is 4.70. The molecule has 0 aliphatic heterocycles. The Bertz CT molecular complexity index is 567. The van der Waals surface area contributed by atoms with Crippen molar-refractivity contribution < 1.29 is 0 Å². The molecule has 2 aromatic rings. The molecule has 2 N–H and O–H groups in total. The van der Waals surface area contributed by atoms with Gasteiger partial charge in [0.25, 0.3) is 0 Å². The molecule has 5 nitrogen and oxygen atoms in total. The van der Waals surface area contributed by atoms with E-state index in [0.717, 1.165) is 22.3 Å². The maximum Gasteiger partial charge on any atom is 0.191 e. The Morgan fingerprint density at radius 2 is 2.06 bits per heavy atom. The van der Waals surface area contributed by atoms with Crippen LogP contribution in [-0.2, 0) is 19.3 Å². The monoisotopic (exact) mass is 259 g/mol. The van der Waals surface area contributed by atoms with Gasteiger partial charge in [-0.05, 0) is 17.7 Å². The summed E-state index contributed by atoms with van der Waals surface area (Å²) in [6.45, 7) is 0.390. The molecule has 92 valence electrons. The van der Waals surface area contributed by atoms with E-state index in [0.29, 0.717) is 12.1 Å². The van der Waals surface area contributed by atoms with Crippen molar-refractivity contribution in [2.75, 3.05) is 0 Å². The lowest BCUT2D eigenvalue weighted by atomic mass is 10.2. The fraction of sp³-hybridized carbons (Fsp3) is 0.250. The van der Waals surface area contributed by atoms with Crippen LogP contribution in [0.2, 0.25) is 0 Å². The third-order valence-corrected chi connectivity index (χ3v) is 3.65. The van der Waals surface area contributed by atoms with Crippen molar-refractivity contribution in [3.05, 3.63) is 41.2 Å². The highest BCUT2D eigenvalue weighted by Gasteiger charge is 2.07. The molecule has 1 aromatic carbocycles. The molecule has 0 spiro atoms. The molecule has 1 heterocycles. The van der Waals surface area contributed by atoms with Crippen LogP contribution >= 0.6 is 11.8 Å². The standard InChI is InChI=1S/C12H13N5S/c1-17-11(7-14)15-16-12(17)18-8-10-4-2-9(6-13)3-5-10/h2-5H,7-8,14H2,1H3. The van der Waals surface area contributed by atoms with E-state index in [4.69, 9.17) is 11.0 Å². The van der Waals surface area contributed by atoms with E-state index >= 15 is 0 Å². The van der Waals surface area contributed by atoms with Gasteiger partial charge in [0.05, 0.1) is 18.2 Å². The van der Waals surface area contributed by atoms with E-state index in [9.17, 15) is 0 Å². The third kappa shape index (κ3) is 2.70. The first kappa shape index (κ1) is 12.6. The maximum atomic E-state index is 8.71. The zero-order valence-electron chi connectivity index (χ0n) is 10.00. The van der Waals surface area contributed by atoms with E-state index in [1.807, 2.05) is 35.9 Å². The van der Waals surface area contributed by atoms with E-state index in [1.54, 1.807) is 11.8 Å². The van der Waals surface area contributed by atoms with Crippen molar-refractivity contribution >= 4 is 11.8 Å². The molecular formula is C12H13N5S. The van der Waals surface area contributed by atoms with Gasteiger partial charge in [-0.25, -0.2) is 0 Å². The van der Waals surface area contributed by atoms with Gasteiger partial charge in [0.1, 0.15) is 5.82 Å². The first-order valence-corrected chi connectivity index (χ1v) is 6.43. The Morgan fingerprint density at radius 1 is 1.33 bits per heavy atom. The lowest BCUT2D eigenvalue weighted by Crippen LogP contribution is -2.05. The zero-order chi connectivity index (χ0) is 13.0. The Hall–Kier alpha value is -1.84. The minimum Gasteiger partial charge on any atom is -0.324 e. The van der Waals surface area contributed by atoms with E-state index in [1.165, 1.54) is 0 Å². The smallest absolute Gasteiger partial charge is 0.191 e. The summed E-state index contributed by atoms with van der Waals surface area (Å²) in [6, 6.07) is 9.64. The van der Waals surface area contributed by atoms with E-state index in [2.05, 4.69) is 16.3 Å². The van der Waals surface area contributed by atoms with Crippen molar-refractivity contribution in [3.63, 3.8) is 0 Å². The summed E-state index contributed by atoms with van der Waals surface area (Å²) in [5.41, 5.74) is 7.36. The van der Waals surface area contributed by atoms with E-state index in [-0.39, 0.29) is 0 Å². The Morgan fingerprint density at radius 3 is 2.61 bits per heavy atom. The highest BCUT2D eigenvalue weighted by Crippen LogP contribution is 2.21. The van der Waals surface area contributed by atoms with Gasteiger partial charge in [-0.2, -0.15) is 5.26 Å². The van der Waals surface area contributed by atoms with Gasteiger partial charge in [-0.15, -0.1) is 10.2 Å². The van der Waals surface area contributed by atoms with Crippen molar-refractivity contribution in [1.82, 2.24) is 14.8 Å². The van der Waals surface area contributed by atoms with Crippen LogP contribution in [-0.4, -0.2) is 14.8 Å². The van der Waals surface area contributed by atoms with Crippen LogP contribution in [0.25, 0.3) is 0 Å². The predicted molar refractivity (Wildman–Crippen MR) is 69.6 cm³/mol. The van der Waals surface area contributed by atoms with Crippen molar-refractivity contribution in [2.45, 2.75) is 17.5 Å². The molecular weight excluding hydrogens is 246 g/mol.